The molecule has 0 aromatic carbocycles. The SMILES string of the molecule is Cc1cnc(-c2noc(CC(=O)C3CCCC3)n2)nc1. The third-order valence-corrected chi connectivity index (χ3v) is 3.58. The number of carbonyl (C=O) groups is 1. The van der Waals surface area contributed by atoms with Gasteiger partial charge < -0.3 is 4.52 Å². The van der Waals surface area contributed by atoms with Gasteiger partial charge in [-0.15, -0.1) is 0 Å². The Labute approximate surface area is 116 Å². The van der Waals surface area contributed by atoms with Crippen LogP contribution in [-0.4, -0.2) is 25.9 Å². The molecule has 20 heavy (non-hydrogen) atoms. The lowest BCUT2D eigenvalue weighted by molar-refractivity contribution is -0.122. The number of aryl methyl sites for hydroxylation is 1. The minimum Gasteiger partial charge on any atom is -0.338 e. The molecule has 0 radical (unpaired) electrons. The smallest absolute Gasteiger partial charge is 0.240 e. The second kappa shape index (κ2) is 5.48. The molecule has 1 aliphatic rings. The van der Waals surface area contributed by atoms with Crippen LogP contribution < -0.4 is 0 Å². The Morgan fingerprint density at radius 2 is 1.95 bits per heavy atom. The van der Waals surface area contributed by atoms with Crippen LogP contribution in [0.2, 0.25) is 0 Å². The highest BCUT2D eigenvalue weighted by Gasteiger charge is 2.24. The maximum Gasteiger partial charge on any atom is 0.240 e. The van der Waals surface area contributed by atoms with Crippen molar-refractivity contribution in [2.24, 2.45) is 5.92 Å². The maximum atomic E-state index is 12.0. The molecule has 3 rings (SSSR count). The molecule has 6 heteroatoms. The van der Waals surface area contributed by atoms with Crippen molar-refractivity contribution in [1.82, 2.24) is 20.1 Å². The molecular weight excluding hydrogens is 256 g/mol. The Balaban J connectivity index is 1.70. The summed E-state index contributed by atoms with van der Waals surface area (Å²) in [5.74, 6) is 1.46. The zero-order valence-corrected chi connectivity index (χ0v) is 11.4. The van der Waals surface area contributed by atoms with Crippen molar-refractivity contribution in [3.05, 3.63) is 23.8 Å². The number of nitrogens with zero attached hydrogens (tertiary/aromatic N) is 4. The largest absolute Gasteiger partial charge is 0.338 e. The topological polar surface area (TPSA) is 81.8 Å². The average molecular weight is 272 g/mol. The van der Waals surface area contributed by atoms with Crippen molar-refractivity contribution in [1.29, 1.82) is 0 Å². The fraction of sp³-hybridized carbons (Fsp3) is 0.500. The molecule has 1 fully saturated rings. The molecule has 1 aliphatic carbocycles. The second-order valence-electron chi connectivity index (χ2n) is 5.22. The van der Waals surface area contributed by atoms with Crippen molar-refractivity contribution < 1.29 is 9.32 Å². The number of Topliss-reactive ketones (excluding diaryl/α,β-unsaturated/α-hetero) is 1. The number of aromatic nitrogens is 4. The summed E-state index contributed by atoms with van der Waals surface area (Å²) in [5.41, 5.74) is 0.967. The first-order valence-electron chi connectivity index (χ1n) is 6.86. The van der Waals surface area contributed by atoms with E-state index in [1.54, 1.807) is 12.4 Å². The molecule has 0 unspecified atom stereocenters. The molecule has 2 heterocycles. The van der Waals surface area contributed by atoms with Crippen molar-refractivity contribution in [3.8, 4) is 11.6 Å². The Morgan fingerprint density at radius 3 is 2.65 bits per heavy atom. The van der Waals surface area contributed by atoms with Crippen molar-refractivity contribution in [2.45, 2.75) is 39.0 Å². The average Bonchev–Trinajstić information content (AvgIpc) is 3.10. The molecule has 2 aromatic heterocycles. The Bertz CT molecular complexity index is 600. The zero-order valence-electron chi connectivity index (χ0n) is 11.4. The van der Waals surface area contributed by atoms with E-state index >= 15 is 0 Å². The molecule has 2 aromatic rings. The van der Waals surface area contributed by atoms with Crippen molar-refractivity contribution in [2.75, 3.05) is 0 Å². The van der Waals surface area contributed by atoms with Crippen LogP contribution in [0, 0.1) is 12.8 Å². The second-order valence-corrected chi connectivity index (χ2v) is 5.22. The van der Waals surface area contributed by atoms with Crippen LogP contribution in [0.5, 0.6) is 0 Å². The van der Waals surface area contributed by atoms with Crippen LogP contribution in [0.4, 0.5) is 0 Å². The zero-order chi connectivity index (χ0) is 13.9. The maximum absolute atomic E-state index is 12.0. The van der Waals surface area contributed by atoms with Crippen molar-refractivity contribution in [3.63, 3.8) is 0 Å². The van der Waals surface area contributed by atoms with E-state index in [1.165, 1.54) is 0 Å². The van der Waals surface area contributed by atoms with Crippen LogP contribution >= 0.6 is 0 Å². The summed E-state index contributed by atoms with van der Waals surface area (Å²) in [4.78, 5) is 24.5. The lowest BCUT2D eigenvalue weighted by Crippen LogP contribution is -2.13. The molecule has 0 bridgehead atoms. The van der Waals surface area contributed by atoms with Crippen LogP contribution in [-0.2, 0) is 11.2 Å². The van der Waals surface area contributed by atoms with E-state index in [-0.39, 0.29) is 18.1 Å². The Kier molecular flexibility index (Phi) is 3.54. The van der Waals surface area contributed by atoms with Gasteiger partial charge in [-0.2, -0.15) is 4.98 Å². The van der Waals surface area contributed by atoms with Crippen LogP contribution in [0.1, 0.15) is 37.1 Å². The molecule has 0 spiro atoms. The van der Waals surface area contributed by atoms with Crippen LogP contribution in [0.3, 0.4) is 0 Å². The standard InChI is InChI=1S/C14H16N4O2/c1-9-7-15-13(16-8-9)14-17-12(20-18-14)6-11(19)10-4-2-3-5-10/h7-8,10H,2-6H2,1H3. The predicted molar refractivity (Wildman–Crippen MR) is 70.7 cm³/mol. The van der Waals surface area contributed by atoms with Gasteiger partial charge in [0, 0.05) is 18.3 Å². The normalized spacial score (nSPS) is 15.7. The first-order valence-corrected chi connectivity index (χ1v) is 6.86. The highest BCUT2D eigenvalue weighted by atomic mass is 16.5. The lowest BCUT2D eigenvalue weighted by Gasteiger charge is -2.04. The molecule has 0 saturated heterocycles. The molecule has 104 valence electrons. The summed E-state index contributed by atoms with van der Waals surface area (Å²) in [7, 11) is 0. The van der Waals surface area contributed by atoms with Gasteiger partial charge in [-0.25, -0.2) is 9.97 Å². The molecular formula is C14H16N4O2. The number of carbonyl (C=O) groups excluding carboxylic acids is 1. The van der Waals surface area contributed by atoms with Gasteiger partial charge in [0.15, 0.2) is 0 Å². The number of hydrogen-bond donors (Lipinski definition) is 0. The van der Waals surface area contributed by atoms with E-state index in [0.717, 1.165) is 31.2 Å². The van der Waals surface area contributed by atoms with Gasteiger partial charge in [-0.1, -0.05) is 18.0 Å². The summed E-state index contributed by atoms with van der Waals surface area (Å²) in [6, 6.07) is 0. The molecule has 0 N–H and O–H groups in total. The number of rotatable bonds is 4. The monoisotopic (exact) mass is 272 g/mol. The van der Waals surface area contributed by atoms with E-state index in [2.05, 4.69) is 20.1 Å². The van der Waals surface area contributed by atoms with Gasteiger partial charge in [-0.3, -0.25) is 4.79 Å². The third-order valence-electron chi connectivity index (χ3n) is 3.58. The Hall–Kier alpha value is -2.11. The molecule has 6 nitrogen and oxygen atoms in total. The first kappa shape index (κ1) is 12.9. The summed E-state index contributed by atoms with van der Waals surface area (Å²) in [6.07, 6.45) is 7.86. The minimum absolute atomic E-state index is 0.168. The predicted octanol–water partition coefficient (Wildman–Crippen LogP) is 2.14. The summed E-state index contributed by atoms with van der Waals surface area (Å²) in [6.45, 7) is 1.91. The van der Waals surface area contributed by atoms with Gasteiger partial charge >= 0.3 is 0 Å². The summed E-state index contributed by atoms with van der Waals surface area (Å²) in [5, 5.41) is 3.83. The molecule has 0 atom stereocenters. The lowest BCUT2D eigenvalue weighted by atomic mass is 10.0. The van der Waals surface area contributed by atoms with Gasteiger partial charge in [0.2, 0.25) is 17.5 Å². The van der Waals surface area contributed by atoms with E-state index < -0.39 is 0 Å². The quantitative estimate of drug-likeness (QED) is 0.848. The molecule has 0 amide bonds. The van der Waals surface area contributed by atoms with Gasteiger partial charge in [-0.05, 0) is 25.3 Å². The van der Waals surface area contributed by atoms with E-state index in [0.29, 0.717) is 17.5 Å². The third kappa shape index (κ3) is 2.74. The highest BCUT2D eigenvalue weighted by molar-refractivity contribution is 5.82. The van der Waals surface area contributed by atoms with Gasteiger partial charge in [0.25, 0.3) is 0 Å². The van der Waals surface area contributed by atoms with Gasteiger partial charge in [0.05, 0.1) is 6.42 Å². The fourth-order valence-electron chi connectivity index (χ4n) is 2.47. The van der Waals surface area contributed by atoms with E-state index in [9.17, 15) is 4.79 Å². The van der Waals surface area contributed by atoms with Gasteiger partial charge in [0.1, 0.15) is 5.78 Å². The minimum atomic E-state index is 0.168. The summed E-state index contributed by atoms with van der Waals surface area (Å²) >= 11 is 0. The Morgan fingerprint density at radius 1 is 1.25 bits per heavy atom. The van der Waals surface area contributed by atoms with E-state index in [1.807, 2.05) is 6.92 Å². The molecule has 0 aliphatic heterocycles. The van der Waals surface area contributed by atoms with Crippen LogP contribution in [0.15, 0.2) is 16.9 Å². The van der Waals surface area contributed by atoms with Crippen LogP contribution in [0.25, 0.3) is 11.6 Å². The summed E-state index contributed by atoms with van der Waals surface area (Å²) < 4.78 is 5.12. The number of hydrogen-bond acceptors (Lipinski definition) is 6. The first-order chi connectivity index (χ1) is 9.72. The van der Waals surface area contributed by atoms with E-state index in [4.69, 9.17) is 4.52 Å². The fourth-order valence-corrected chi connectivity index (χ4v) is 2.47. The highest BCUT2D eigenvalue weighted by Crippen LogP contribution is 2.26. The van der Waals surface area contributed by atoms with Crippen molar-refractivity contribution >= 4 is 5.78 Å². The molecule has 1 saturated carbocycles. The number of ketones is 1.